The first kappa shape index (κ1) is 20.4. The van der Waals surface area contributed by atoms with E-state index in [1.54, 1.807) is 36.9 Å². The summed E-state index contributed by atoms with van der Waals surface area (Å²) >= 11 is 0. The van der Waals surface area contributed by atoms with Crippen molar-refractivity contribution in [3.63, 3.8) is 0 Å². The minimum Gasteiger partial charge on any atom is -0.446 e. The molecule has 3 heterocycles. The van der Waals surface area contributed by atoms with Crippen molar-refractivity contribution in [2.75, 3.05) is 18.1 Å². The molecular weight excluding hydrogens is 408 g/mol. The fourth-order valence-electron chi connectivity index (χ4n) is 4.12. The van der Waals surface area contributed by atoms with E-state index in [0.29, 0.717) is 43.1 Å². The number of aliphatic hydroxyl groups is 1. The summed E-state index contributed by atoms with van der Waals surface area (Å²) in [6.45, 7) is 0.515. The van der Waals surface area contributed by atoms with Gasteiger partial charge in [-0.1, -0.05) is 0 Å². The van der Waals surface area contributed by atoms with Crippen LogP contribution in [0.5, 0.6) is 0 Å². The summed E-state index contributed by atoms with van der Waals surface area (Å²) in [5.74, 6) is 0.965. The highest BCUT2D eigenvalue weighted by molar-refractivity contribution is 5.86. The Kier molecular flexibility index (Phi) is 5.23. The van der Waals surface area contributed by atoms with Gasteiger partial charge in [0.05, 0.1) is 53.6 Å². The molecule has 1 aliphatic heterocycles. The highest BCUT2D eigenvalue weighted by Crippen LogP contribution is 2.38. The van der Waals surface area contributed by atoms with E-state index >= 15 is 0 Å². The van der Waals surface area contributed by atoms with Crippen LogP contribution in [0.15, 0.2) is 36.9 Å². The van der Waals surface area contributed by atoms with Crippen LogP contribution in [-0.4, -0.2) is 49.5 Å². The average Bonchev–Trinajstić information content (AvgIpc) is 3.58. The molecule has 1 saturated heterocycles. The van der Waals surface area contributed by atoms with E-state index in [2.05, 4.69) is 21.0 Å². The first-order chi connectivity index (χ1) is 15.5. The van der Waals surface area contributed by atoms with Gasteiger partial charge in [-0.3, -0.25) is 9.88 Å². The molecule has 0 unspecified atom stereocenters. The highest BCUT2D eigenvalue weighted by atomic mass is 16.6. The van der Waals surface area contributed by atoms with Crippen LogP contribution in [-0.2, 0) is 11.3 Å². The fraction of sp³-hybridized carbons (Fsp3) is 0.435. The van der Waals surface area contributed by atoms with Crippen molar-refractivity contribution in [1.82, 2.24) is 19.5 Å². The minimum absolute atomic E-state index is 0.145. The number of nitrogens with zero attached hydrogens (tertiary/aromatic N) is 6. The number of anilines is 1. The van der Waals surface area contributed by atoms with Gasteiger partial charge in [0, 0.05) is 12.5 Å². The molecule has 164 valence electrons. The molecule has 5 rings (SSSR count). The fourth-order valence-corrected chi connectivity index (χ4v) is 4.12. The van der Waals surface area contributed by atoms with Gasteiger partial charge in [-0.05, 0) is 50.3 Å². The van der Waals surface area contributed by atoms with Crippen molar-refractivity contribution in [2.45, 2.75) is 50.2 Å². The number of benzene rings is 1. The van der Waals surface area contributed by atoms with Crippen molar-refractivity contribution >= 4 is 22.9 Å². The van der Waals surface area contributed by atoms with Gasteiger partial charge in [-0.15, -0.1) is 0 Å². The number of carbonyl (C=O) groups is 1. The molecule has 32 heavy (non-hydrogen) atoms. The third kappa shape index (κ3) is 4.14. The topological polar surface area (TPSA) is 117 Å². The lowest BCUT2D eigenvalue weighted by atomic mass is 9.97. The first-order valence-corrected chi connectivity index (χ1v) is 10.9. The minimum atomic E-state index is -1.25. The second-order valence-electron chi connectivity index (χ2n) is 8.65. The van der Waals surface area contributed by atoms with Crippen molar-refractivity contribution in [1.29, 1.82) is 5.26 Å². The van der Waals surface area contributed by atoms with E-state index in [1.807, 2.05) is 4.57 Å². The Morgan fingerprint density at radius 2 is 2.09 bits per heavy atom. The van der Waals surface area contributed by atoms with Crippen molar-refractivity contribution in [3.05, 3.63) is 48.2 Å². The summed E-state index contributed by atoms with van der Waals surface area (Å²) in [4.78, 5) is 27.5. The van der Waals surface area contributed by atoms with Gasteiger partial charge in [-0.25, -0.2) is 14.8 Å². The lowest BCUT2D eigenvalue weighted by Crippen LogP contribution is -2.41. The van der Waals surface area contributed by atoms with Crippen LogP contribution in [0, 0.1) is 11.3 Å². The molecule has 1 atom stereocenters. The Labute approximate surface area is 185 Å². The maximum Gasteiger partial charge on any atom is 0.415 e. The van der Waals surface area contributed by atoms with E-state index in [9.17, 15) is 15.2 Å². The molecule has 2 aliphatic rings. The summed E-state index contributed by atoms with van der Waals surface area (Å²) in [6.07, 6.45) is 8.64. The van der Waals surface area contributed by atoms with Crippen LogP contribution in [0.25, 0.3) is 11.0 Å². The number of cyclic esters (lactones) is 1. The van der Waals surface area contributed by atoms with Crippen LogP contribution >= 0.6 is 0 Å². The van der Waals surface area contributed by atoms with Crippen molar-refractivity contribution in [2.24, 2.45) is 0 Å². The van der Waals surface area contributed by atoms with Gasteiger partial charge in [0.15, 0.2) is 5.82 Å². The predicted octanol–water partition coefficient (Wildman–Crippen LogP) is 3.13. The predicted molar refractivity (Wildman–Crippen MR) is 116 cm³/mol. The zero-order valence-electron chi connectivity index (χ0n) is 17.6. The molecule has 0 bridgehead atoms. The molecular formula is C23H24N6O3. The number of ether oxygens (including phenoxy) is 1. The van der Waals surface area contributed by atoms with Crippen LogP contribution < -0.4 is 4.90 Å². The standard InChI is InChI=1S/C23H24N6O3/c24-10-16-3-6-18-20(9-16)28(15-27-18)13-23(31)7-1-2-8-29(22(30)32-14-23)21-12-25-19(11-26-21)17-4-5-17/h3,6,9,11-12,15,17,31H,1-2,4-5,7-8,13-14H2/t23-/m0/s1. The van der Waals surface area contributed by atoms with Crippen LogP contribution in [0.4, 0.5) is 10.6 Å². The number of amides is 1. The van der Waals surface area contributed by atoms with E-state index in [4.69, 9.17) is 4.74 Å². The molecule has 2 aromatic heterocycles. The van der Waals surface area contributed by atoms with E-state index in [0.717, 1.165) is 29.6 Å². The van der Waals surface area contributed by atoms with Crippen molar-refractivity contribution < 1.29 is 14.6 Å². The Morgan fingerprint density at radius 1 is 1.22 bits per heavy atom. The lowest BCUT2D eigenvalue weighted by Gasteiger charge is -2.28. The second-order valence-corrected chi connectivity index (χ2v) is 8.65. The molecule has 9 heteroatoms. The van der Waals surface area contributed by atoms with Gasteiger partial charge in [-0.2, -0.15) is 5.26 Å². The number of aromatic nitrogens is 4. The summed E-state index contributed by atoms with van der Waals surface area (Å²) in [6, 6.07) is 7.37. The molecule has 1 saturated carbocycles. The van der Waals surface area contributed by atoms with E-state index < -0.39 is 11.7 Å². The molecule has 0 radical (unpaired) electrons. The number of imidazole rings is 1. The zero-order chi connectivity index (χ0) is 22.1. The van der Waals surface area contributed by atoms with Gasteiger partial charge >= 0.3 is 6.09 Å². The maximum atomic E-state index is 12.8. The zero-order valence-corrected chi connectivity index (χ0v) is 17.6. The number of fused-ring (bicyclic) bond motifs is 1. The van der Waals surface area contributed by atoms with E-state index in [1.165, 1.54) is 4.90 Å². The summed E-state index contributed by atoms with van der Waals surface area (Å²) in [7, 11) is 0. The number of hydrogen-bond donors (Lipinski definition) is 1. The number of carbonyl (C=O) groups excluding carboxylic acids is 1. The Morgan fingerprint density at radius 3 is 2.84 bits per heavy atom. The SMILES string of the molecule is N#Cc1ccc2ncn(C[C@@]3(O)CCCCN(c4cnc(C5CC5)cn4)C(=O)OC3)c2c1. The molecule has 9 nitrogen and oxygen atoms in total. The Hall–Kier alpha value is -3.51. The first-order valence-electron chi connectivity index (χ1n) is 10.9. The molecule has 1 aliphatic carbocycles. The van der Waals surface area contributed by atoms with Gasteiger partial charge in [0.2, 0.25) is 0 Å². The molecule has 0 spiro atoms. The largest absolute Gasteiger partial charge is 0.446 e. The normalized spacial score (nSPS) is 22.0. The number of rotatable bonds is 4. The van der Waals surface area contributed by atoms with Crippen molar-refractivity contribution in [3.8, 4) is 6.07 Å². The molecule has 1 N–H and O–H groups in total. The summed E-state index contributed by atoms with van der Waals surface area (Å²) < 4.78 is 7.33. The third-order valence-electron chi connectivity index (χ3n) is 6.10. The van der Waals surface area contributed by atoms with E-state index in [-0.39, 0.29) is 13.2 Å². The smallest absolute Gasteiger partial charge is 0.415 e. The maximum absolute atomic E-state index is 12.8. The number of hydrogen-bond acceptors (Lipinski definition) is 7. The highest BCUT2D eigenvalue weighted by Gasteiger charge is 2.33. The second kappa shape index (κ2) is 8.20. The van der Waals surface area contributed by atoms with Crippen LogP contribution in [0.1, 0.15) is 49.3 Å². The Balaban J connectivity index is 1.32. The molecule has 2 fully saturated rings. The van der Waals surface area contributed by atoms with Crippen LogP contribution in [0.2, 0.25) is 0 Å². The molecule has 1 aromatic carbocycles. The molecule has 3 aromatic rings. The lowest BCUT2D eigenvalue weighted by molar-refractivity contribution is -0.0378. The monoisotopic (exact) mass is 432 g/mol. The number of nitriles is 1. The van der Waals surface area contributed by atoms with Gasteiger partial charge in [0.25, 0.3) is 0 Å². The summed E-state index contributed by atoms with van der Waals surface area (Å²) in [5.41, 5.74) is 1.75. The quantitative estimate of drug-likeness (QED) is 0.673. The van der Waals surface area contributed by atoms with Gasteiger partial charge in [0.1, 0.15) is 12.2 Å². The Bertz CT molecular complexity index is 1180. The third-order valence-corrected chi connectivity index (χ3v) is 6.10. The average molecular weight is 432 g/mol. The van der Waals surface area contributed by atoms with Gasteiger partial charge < -0.3 is 14.4 Å². The van der Waals surface area contributed by atoms with Crippen LogP contribution in [0.3, 0.4) is 0 Å². The summed E-state index contributed by atoms with van der Waals surface area (Å²) in [5, 5.41) is 20.5. The molecule has 1 amide bonds.